The van der Waals surface area contributed by atoms with E-state index in [0.717, 1.165) is 57.6 Å². The van der Waals surface area contributed by atoms with Crippen molar-refractivity contribution in [2.24, 2.45) is 0 Å². The maximum Gasteiger partial charge on any atom is 0.160 e. The molecule has 2 heterocycles. The first-order valence-corrected chi connectivity index (χ1v) is 18.6. The van der Waals surface area contributed by atoms with Gasteiger partial charge in [-0.05, 0) is 103 Å². The second-order valence-electron chi connectivity index (χ2n) is 13.9. The van der Waals surface area contributed by atoms with Crippen LogP contribution in [0.15, 0.2) is 182 Å². The molecular weight excluding hydrogens is 655 g/mol. The number of allylic oxidation sites excluding steroid dienone is 1. The van der Waals surface area contributed by atoms with E-state index in [0.29, 0.717) is 5.82 Å². The molecule has 0 unspecified atom stereocenters. The molecular formula is C51H35N3. The largest absolute Gasteiger partial charge is 0.264 e. The fraction of sp³-hybridized carbons (Fsp3) is 0.0392. The van der Waals surface area contributed by atoms with Crippen LogP contribution in [0.3, 0.4) is 0 Å². The molecule has 0 radical (unpaired) electrons. The summed E-state index contributed by atoms with van der Waals surface area (Å²) < 4.78 is 0. The first kappa shape index (κ1) is 31.7. The lowest BCUT2D eigenvalue weighted by atomic mass is 9.87. The number of hydrogen-bond donors (Lipinski definition) is 0. The van der Waals surface area contributed by atoms with Gasteiger partial charge in [0.15, 0.2) is 5.82 Å². The number of aromatic nitrogens is 3. The summed E-state index contributed by atoms with van der Waals surface area (Å²) in [6, 6.07) is 58.5. The minimum atomic E-state index is 0.695. The molecule has 0 spiro atoms. The van der Waals surface area contributed by atoms with Crippen molar-refractivity contribution < 1.29 is 0 Å². The van der Waals surface area contributed by atoms with E-state index in [4.69, 9.17) is 9.97 Å². The maximum atomic E-state index is 5.25. The Morgan fingerprint density at radius 2 is 1.07 bits per heavy atom. The molecule has 1 aliphatic carbocycles. The highest BCUT2D eigenvalue weighted by Gasteiger charge is 2.16. The number of aryl methyl sites for hydroxylation is 1. The molecule has 54 heavy (non-hydrogen) atoms. The van der Waals surface area contributed by atoms with E-state index in [1.165, 1.54) is 49.4 Å². The van der Waals surface area contributed by atoms with Gasteiger partial charge in [0.2, 0.25) is 0 Å². The molecule has 9 aromatic rings. The SMILES string of the molecule is C1=Cc2cc(-c3cccc(-c4nc(-c5ccc(-c6cccnc6)cc5)cc(-c5ccc(-c6cccc7ccccc67)cc5)n4)c3)c3ccccc3c2CC1. The summed E-state index contributed by atoms with van der Waals surface area (Å²) in [6.45, 7) is 0. The quantitative estimate of drug-likeness (QED) is 0.174. The summed E-state index contributed by atoms with van der Waals surface area (Å²) in [5.41, 5.74) is 14.5. The van der Waals surface area contributed by atoms with Gasteiger partial charge in [0.25, 0.3) is 0 Å². The molecule has 0 bridgehead atoms. The van der Waals surface area contributed by atoms with E-state index < -0.39 is 0 Å². The number of rotatable bonds is 6. The zero-order chi connectivity index (χ0) is 35.8. The molecule has 0 aliphatic heterocycles. The fourth-order valence-corrected chi connectivity index (χ4v) is 7.92. The Morgan fingerprint density at radius 1 is 0.426 bits per heavy atom. The molecule has 0 saturated heterocycles. The molecule has 0 fully saturated rings. The van der Waals surface area contributed by atoms with E-state index in [1.807, 2.05) is 12.3 Å². The van der Waals surface area contributed by atoms with Gasteiger partial charge in [0, 0.05) is 29.1 Å². The highest BCUT2D eigenvalue weighted by molar-refractivity contribution is 6.01. The summed E-state index contributed by atoms with van der Waals surface area (Å²) >= 11 is 0. The second kappa shape index (κ2) is 13.5. The van der Waals surface area contributed by atoms with E-state index >= 15 is 0 Å². The van der Waals surface area contributed by atoms with E-state index in [-0.39, 0.29) is 0 Å². The number of benzene rings is 7. The zero-order valence-electron chi connectivity index (χ0n) is 29.7. The van der Waals surface area contributed by atoms with Crippen molar-refractivity contribution in [1.29, 1.82) is 0 Å². The van der Waals surface area contributed by atoms with Crippen LogP contribution in [-0.2, 0) is 6.42 Å². The van der Waals surface area contributed by atoms with Gasteiger partial charge in [-0.1, -0.05) is 152 Å². The van der Waals surface area contributed by atoms with Crippen molar-refractivity contribution in [3.63, 3.8) is 0 Å². The van der Waals surface area contributed by atoms with Crippen LogP contribution >= 0.6 is 0 Å². The highest BCUT2D eigenvalue weighted by atomic mass is 14.9. The van der Waals surface area contributed by atoms with Gasteiger partial charge in [-0.15, -0.1) is 0 Å². The number of nitrogens with zero attached hydrogens (tertiary/aromatic N) is 3. The zero-order valence-corrected chi connectivity index (χ0v) is 29.7. The Bertz CT molecular complexity index is 2850. The van der Waals surface area contributed by atoms with E-state index in [2.05, 4.69) is 175 Å². The Hall–Kier alpha value is -6.97. The van der Waals surface area contributed by atoms with Crippen molar-refractivity contribution in [1.82, 2.24) is 15.0 Å². The average molecular weight is 690 g/mol. The lowest BCUT2D eigenvalue weighted by Gasteiger charge is -2.18. The fourth-order valence-electron chi connectivity index (χ4n) is 7.92. The van der Waals surface area contributed by atoms with Gasteiger partial charge in [0.05, 0.1) is 11.4 Å². The number of hydrogen-bond acceptors (Lipinski definition) is 3. The average Bonchev–Trinajstić information content (AvgIpc) is 3.26. The predicted octanol–water partition coefficient (Wildman–Crippen LogP) is 13.1. The second-order valence-corrected chi connectivity index (χ2v) is 13.9. The molecule has 0 atom stereocenters. The summed E-state index contributed by atoms with van der Waals surface area (Å²) in [6.07, 6.45) is 10.4. The summed E-state index contributed by atoms with van der Waals surface area (Å²) in [5.74, 6) is 0.695. The predicted molar refractivity (Wildman–Crippen MR) is 225 cm³/mol. The van der Waals surface area contributed by atoms with Crippen molar-refractivity contribution in [2.75, 3.05) is 0 Å². The van der Waals surface area contributed by atoms with Crippen LogP contribution in [0.4, 0.5) is 0 Å². The van der Waals surface area contributed by atoms with Crippen LogP contribution in [0.2, 0.25) is 0 Å². The van der Waals surface area contributed by atoms with Crippen LogP contribution in [0.1, 0.15) is 17.5 Å². The first-order valence-electron chi connectivity index (χ1n) is 18.6. The molecule has 3 heteroatoms. The first-order chi connectivity index (χ1) is 26.7. The molecule has 254 valence electrons. The Kier molecular flexibility index (Phi) is 7.96. The van der Waals surface area contributed by atoms with Gasteiger partial charge >= 0.3 is 0 Å². The van der Waals surface area contributed by atoms with Crippen LogP contribution < -0.4 is 0 Å². The monoisotopic (exact) mass is 689 g/mol. The van der Waals surface area contributed by atoms with Crippen LogP contribution in [0, 0.1) is 0 Å². The lowest BCUT2D eigenvalue weighted by Crippen LogP contribution is -1.98. The van der Waals surface area contributed by atoms with Crippen LogP contribution in [0.25, 0.3) is 94.9 Å². The van der Waals surface area contributed by atoms with E-state index in [9.17, 15) is 0 Å². The third-order valence-corrected chi connectivity index (χ3v) is 10.7. The Labute approximate surface area is 315 Å². The summed E-state index contributed by atoms with van der Waals surface area (Å²) in [4.78, 5) is 14.8. The minimum absolute atomic E-state index is 0.695. The maximum absolute atomic E-state index is 5.25. The lowest BCUT2D eigenvalue weighted by molar-refractivity contribution is 0.997. The standard InChI is InChI=1S/C51H35N3/c1-3-16-43-35(10-1)12-8-20-44(43)36-23-27-38(28-24-36)50-32-49(37-25-21-34(22-26-37)42-15-9-29-52-33-42)53-51(54-50)41-14-7-13-39(30-41)48-31-40-11-2-4-17-45(40)46-18-5-6-19-47(46)48/h1-3,5-16,18-33H,4,17H2. The highest BCUT2D eigenvalue weighted by Crippen LogP contribution is 2.38. The molecule has 3 nitrogen and oxygen atoms in total. The number of fused-ring (bicyclic) bond motifs is 4. The van der Waals surface area contributed by atoms with Crippen molar-refractivity contribution in [3.8, 4) is 67.3 Å². The van der Waals surface area contributed by atoms with Crippen molar-refractivity contribution in [3.05, 3.63) is 193 Å². The molecule has 7 aromatic carbocycles. The third kappa shape index (κ3) is 5.86. The summed E-state index contributed by atoms with van der Waals surface area (Å²) in [5, 5.41) is 5.10. The molecule has 0 amide bonds. The van der Waals surface area contributed by atoms with Gasteiger partial charge in [-0.2, -0.15) is 0 Å². The van der Waals surface area contributed by atoms with Gasteiger partial charge in [-0.3, -0.25) is 4.98 Å². The molecule has 2 aromatic heterocycles. The topological polar surface area (TPSA) is 38.7 Å². The minimum Gasteiger partial charge on any atom is -0.264 e. The molecule has 0 saturated carbocycles. The summed E-state index contributed by atoms with van der Waals surface area (Å²) in [7, 11) is 0. The number of pyridine rings is 1. The van der Waals surface area contributed by atoms with Crippen LogP contribution in [0.5, 0.6) is 0 Å². The van der Waals surface area contributed by atoms with Crippen molar-refractivity contribution >= 4 is 27.6 Å². The molecule has 10 rings (SSSR count). The third-order valence-electron chi connectivity index (χ3n) is 10.7. The van der Waals surface area contributed by atoms with Gasteiger partial charge in [0.1, 0.15) is 0 Å². The Morgan fingerprint density at radius 3 is 1.85 bits per heavy atom. The molecule has 0 N–H and O–H groups in total. The normalized spacial score (nSPS) is 12.2. The van der Waals surface area contributed by atoms with Gasteiger partial charge in [-0.25, -0.2) is 9.97 Å². The van der Waals surface area contributed by atoms with Crippen molar-refractivity contribution in [2.45, 2.75) is 12.8 Å². The van der Waals surface area contributed by atoms with Gasteiger partial charge < -0.3 is 0 Å². The van der Waals surface area contributed by atoms with Crippen LogP contribution in [-0.4, -0.2) is 15.0 Å². The van der Waals surface area contributed by atoms with E-state index in [1.54, 1.807) is 6.20 Å². The Balaban J connectivity index is 1.09. The smallest absolute Gasteiger partial charge is 0.160 e. The molecule has 1 aliphatic rings.